The maximum absolute atomic E-state index is 12.3. The van der Waals surface area contributed by atoms with Gasteiger partial charge in [-0.15, -0.1) is 0 Å². The van der Waals surface area contributed by atoms with Crippen molar-refractivity contribution in [3.8, 4) is 23.0 Å². The smallest absolute Gasteiger partial charge is 0.334 e. The van der Waals surface area contributed by atoms with Gasteiger partial charge in [0.15, 0.2) is 23.0 Å². The molecule has 140 valence electrons. The second kappa shape index (κ2) is 7.23. The standard InChI is InChI=1S/C21H20O6/c1-23-17-5-3-14(9-19(17)24-2)8-16-15(11-25-21(16)22)7-13-4-6-18-20(10-13)27-12-26-18/h3-6,8-10,15H,7,11-12H2,1-2H3/b16-8+/t15-/m1/s1. The van der Waals surface area contributed by atoms with E-state index >= 15 is 0 Å². The Morgan fingerprint density at radius 2 is 1.81 bits per heavy atom. The van der Waals surface area contributed by atoms with Gasteiger partial charge in [-0.25, -0.2) is 4.79 Å². The van der Waals surface area contributed by atoms with Crippen LogP contribution >= 0.6 is 0 Å². The molecule has 1 saturated heterocycles. The predicted molar refractivity (Wildman–Crippen MR) is 98.2 cm³/mol. The zero-order valence-corrected chi connectivity index (χ0v) is 15.2. The fourth-order valence-corrected chi connectivity index (χ4v) is 3.34. The molecule has 2 aliphatic heterocycles. The second-order valence-corrected chi connectivity index (χ2v) is 6.40. The van der Waals surface area contributed by atoms with Gasteiger partial charge in [-0.3, -0.25) is 0 Å². The van der Waals surface area contributed by atoms with Gasteiger partial charge in [0.05, 0.1) is 20.8 Å². The largest absolute Gasteiger partial charge is 0.493 e. The third-order valence-electron chi connectivity index (χ3n) is 4.74. The first-order valence-corrected chi connectivity index (χ1v) is 8.67. The van der Waals surface area contributed by atoms with E-state index in [4.69, 9.17) is 23.7 Å². The molecule has 1 fully saturated rings. The van der Waals surface area contributed by atoms with Crippen molar-refractivity contribution < 1.29 is 28.5 Å². The van der Waals surface area contributed by atoms with Gasteiger partial charge in [0.2, 0.25) is 6.79 Å². The molecule has 0 radical (unpaired) electrons. The van der Waals surface area contributed by atoms with Gasteiger partial charge >= 0.3 is 5.97 Å². The van der Waals surface area contributed by atoms with E-state index in [-0.39, 0.29) is 18.7 Å². The molecule has 6 nitrogen and oxygen atoms in total. The molecule has 0 aromatic heterocycles. The zero-order chi connectivity index (χ0) is 18.8. The minimum absolute atomic E-state index is 0.0223. The monoisotopic (exact) mass is 368 g/mol. The molecule has 2 heterocycles. The summed E-state index contributed by atoms with van der Waals surface area (Å²) in [5.74, 6) is 2.44. The molecule has 27 heavy (non-hydrogen) atoms. The van der Waals surface area contributed by atoms with Gasteiger partial charge in [-0.05, 0) is 47.9 Å². The highest BCUT2D eigenvalue weighted by Crippen LogP contribution is 2.35. The average molecular weight is 368 g/mol. The number of fused-ring (bicyclic) bond motifs is 1. The average Bonchev–Trinajstić information content (AvgIpc) is 3.29. The molecule has 0 saturated carbocycles. The molecule has 1 atom stereocenters. The highest BCUT2D eigenvalue weighted by molar-refractivity contribution is 5.96. The summed E-state index contributed by atoms with van der Waals surface area (Å²) in [6, 6.07) is 11.4. The van der Waals surface area contributed by atoms with Gasteiger partial charge in [0, 0.05) is 11.5 Å². The van der Waals surface area contributed by atoms with Crippen LogP contribution in [-0.2, 0) is 16.0 Å². The summed E-state index contributed by atoms with van der Waals surface area (Å²) in [7, 11) is 3.17. The van der Waals surface area contributed by atoms with Gasteiger partial charge in [-0.2, -0.15) is 0 Å². The predicted octanol–water partition coefficient (Wildman–Crippen LogP) is 3.23. The molecular formula is C21H20O6. The lowest BCUT2D eigenvalue weighted by Gasteiger charge is -2.11. The number of carbonyl (C=O) groups excluding carboxylic acids is 1. The number of esters is 1. The number of hydrogen-bond donors (Lipinski definition) is 0. The van der Waals surface area contributed by atoms with Crippen molar-refractivity contribution in [2.24, 2.45) is 5.92 Å². The Kier molecular flexibility index (Phi) is 4.62. The molecule has 2 aromatic rings. The second-order valence-electron chi connectivity index (χ2n) is 6.40. The molecule has 0 amide bonds. The van der Waals surface area contributed by atoms with E-state index in [2.05, 4.69) is 0 Å². The van der Waals surface area contributed by atoms with Gasteiger partial charge in [0.1, 0.15) is 0 Å². The highest BCUT2D eigenvalue weighted by Gasteiger charge is 2.31. The molecule has 0 bridgehead atoms. The summed E-state index contributed by atoms with van der Waals surface area (Å²) in [6.07, 6.45) is 2.54. The SMILES string of the molecule is COc1ccc(/C=C2/C(=O)OC[C@H]2Cc2ccc3c(c2)OCO3)cc1OC. The number of ether oxygens (including phenoxy) is 5. The van der Waals surface area contributed by atoms with Crippen LogP contribution in [0.15, 0.2) is 42.0 Å². The van der Waals surface area contributed by atoms with Gasteiger partial charge < -0.3 is 23.7 Å². The number of benzene rings is 2. The summed E-state index contributed by atoms with van der Waals surface area (Å²) < 4.78 is 26.7. The maximum Gasteiger partial charge on any atom is 0.334 e. The lowest BCUT2D eigenvalue weighted by Crippen LogP contribution is -2.07. The third-order valence-corrected chi connectivity index (χ3v) is 4.74. The first kappa shape index (κ1) is 17.3. The molecule has 2 aliphatic rings. The Hall–Kier alpha value is -3.15. The highest BCUT2D eigenvalue weighted by atomic mass is 16.7. The lowest BCUT2D eigenvalue weighted by atomic mass is 9.92. The normalized spacial score (nSPS) is 19.3. The number of carbonyl (C=O) groups is 1. The van der Waals surface area contributed by atoms with E-state index in [1.807, 2.05) is 42.5 Å². The molecule has 0 spiro atoms. The van der Waals surface area contributed by atoms with Crippen LogP contribution in [0.2, 0.25) is 0 Å². The molecule has 2 aromatic carbocycles. The Morgan fingerprint density at radius 1 is 1.00 bits per heavy atom. The summed E-state index contributed by atoms with van der Waals surface area (Å²) in [6.45, 7) is 0.612. The number of hydrogen-bond acceptors (Lipinski definition) is 6. The van der Waals surface area contributed by atoms with Crippen LogP contribution in [0, 0.1) is 5.92 Å². The lowest BCUT2D eigenvalue weighted by molar-refractivity contribution is -0.135. The van der Waals surface area contributed by atoms with E-state index in [0.717, 1.165) is 22.6 Å². The summed E-state index contributed by atoms with van der Waals surface area (Å²) >= 11 is 0. The maximum atomic E-state index is 12.3. The first-order valence-electron chi connectivity index (χ1n) is 8.67. The van der Waals surface area contributed by atoms with Crippen LogP contribution in [-0.4, -0.2) is 33.6 Å². The van der Waals surface area contributed by atoms with Crippen LogP contribution in [0.4, 0.5) is 0 Å². The quantitative estimate of drug-likeness (QED) is 0.596. The Bertz CT molecular complexity index is 902. The number of rotatable bonds is 5. The van der Waals surface area contributed by atoms with Crippen LogP contribution in [0.5, 0.6) is 23.0 Å². The van der Waals surface area contributed by atoms with Crippen molar-refractivity contribution >= 4 is 12.0 Å². The molecule has 0 unspecified atom stereocenters. The van der Waals surface area contributed by atoms with E-state index in [1.165, 1.54) is 0 Å². The zero-order valence-electron chi connectivity index (χ0n) is 15.2. The number of methoxy groups -OCH3 is 2. The fraction of sp³-hybridized carbons (Fsp3) is 0.286. The van der Waals surface area contributed by atoms with Crippen molar-refractivity contribution in [1.82, 2.24) is 0 Å². The van der Waals surface area contributed by atoms with Crippen molar-refractivity contribution in [1.29, 1.82) is 0 Å². The fourth-order valence-electron chi connectivity index (χ4n) is 3.34. The minimum atomic E-state index is -0.282. The van der Waals surface area contributed by atoms with E-state index < -0.39 is 0 Å². The summed E-state index contributed by atoms with van der Waals surface area (Å²) in [5, 5.41) is 0. The van der Waals surface area contributed by atoms with E-state index in [9.17, 15) is 4.79 Å². The van der Waals surface area contributed by atoms with E-state index in [0.29, 0.717) is 30.1 Å². The Labute approximate surface area is 157 Å². The summed E-state index contributed by atoms with van der Waals surface area (Å²) in [4.78, 5) is 12.3. The Balaban J connectivity index is 1.59. The van der Waals surface area contributed by atoms with Crippen LogP contribution in [0.1, 0.15) is 11.1 Å². The van der Waals surface area contributed by atoms with Crippen LogP contribution in [0.3, 0.4) is 0 Å². The molecule has 4 rings (SSSR count). The molecular weight excluding hydrogens is 348 g/mol. The van der Waals surface area contributed by atoms with Crippen molar-refractivity contribution in [2.75, 3.05) is 27.6 Å². The molecule has 0 N–H and O–H groups in total. The van der Waals surface area contributed by atoms with Crippen LogP contribution < -0.4 is 18.9 Å². The van der Waals surface area contributed by atoms with Crippen LogP contribution in [0.25, 0.3) is 6.08 Å². The summed E-state index contributed by atoms with van der Waals surface area (Å²) in [5.41, 5.74) is 2.58. The van der Waals surface area contributed by atoms with Crippen molar-refractivity contribution in [3.63, 3.8) is 0 Å². The van der Waals surface area contributed by atoms with Crippen molar-refractivity contribution in [2.45, 2.75) is 6.42 Å². The Morgan fingerprint density at radius 3 is 2.63 bits per heavy atom. The van der Waals surface area contributed by atoms with Crippen molar-refractivity contribution in [3.05, 3.63) is 53.1 Å². The minimum Gasteiger partial charge on any atom is -0.493 e. The molecule has 6 heteroatoms. The van der Waals surface area contributed by atoms with E-state index in [1.54, 1.807) is 14.2 Å². The van der Waals surface area contributed by atoms with Gasteiger partial charge in [-0.1, -0.05) is 12.1 Å². The third kappa shape index (κ3) is 3.43. The topological polar surface area (TPSA) is 63.2 Å². The first-order chi connectivity index (χ1) is 13.2. The molecule has 0 aliphatic carbocycles. The number of cyclic esters (lactones) is 1. The van der Waals surface area contributed by atoms with Gasteiger partial charge in [0.25, 0.3) is 0 Å².